The van der Waals surface area contributed by atoms with Gasteiger partial charge in [0.1, 0.15) is 28.4 Å². The van der Waals surface area contributed by atoms with Crippen molar-refractivity contribution in [2.24, 2.45) is 0 Å². The molecule has 1 heterocycles. The van der Waals surface area contributed by atoms with E-state index < -0.39 is 11.9 Å². The van der Waals surface area contributed by atoms with E-state index in [0.717, 1.165) is 12.1 Å². The van der Waals surface area contributed by atoms with Crippen molar-refractivity contribution in [3.63, 3.8) is 0 Å². The Balaban J connectivity index is 2.19. The second-order valence-corrected chi connectivity index (χ2v) is 5.09. The molecule has 3 aromatic rings. The highest BCUT2D eigenvalue weighted by atomic mass is 16.7. The highest BCUT2D eigenvalue weighted by Crippen LogP contribution is 2.41. The Labute approximate surface area is 141 Å². The van der Waals surface area contributed by atoms with Crippen molar-refractivity contribution < 1.29 is 28.9 Å². The van der Waals surface area contributed by atoms with Crippen LogP contribution >= 0.6 is 0 Å². The van der Waals surface area contributed by atoms with Gasteiger partial charge in [-0.1, -0.05) is 12.1 Å². The van der Waals surface area contributed by atoms with Crippen LogP contribution in [0.2, 0.25) is 0 Å². The van der Waals surface area contributed by atoms with E-state index in [2.05, 4.69) is 0 Å². The summed E-state index contributed by atoms with van der Waals surface area (Å²) in [4.78, 5) is 23.9. The van der Waals surface area contributed by atoms with E-state index in [0.29, 0.717) is 11.0 Å². The maximum Gasteiger partial charge on any atom is 0.513 e. The van der Waals surface area contributed by atoms with Gasteiger partial charge in [0.15, 0.2) is 11.2 Å². The molecule has 0 aliphatic heterocycles. The number of carbonyl (C=O) groups excluding carboxylic acids is 1. The average molecular weight is 342 g/mol. The van der Waals surface area contributed by atoms with E-state index in [1.165, 1.54) is 6.07 Å². The lowest BCUT2D eigenvalue weighted by molar-refractivity contribution is 0.104. The van der Waals surface area contributed by atoms with Gasteiger partial charge in [-0.25, -0.2) is 4.79 Å². The topological polar surface area (TPSA) is 106 Å². The second kappa shape index (κ2) is 6.56. The van der Waals surface area contributed by atoms with Gasteiger partial charge in [-0.15, -0.1) is 0 Å². The molecule has 0 unspecified atom stereocenters. The molecule has 25 heavy (non-hydrogen) atoms. The van der Waals surface area contributed by atoms with Gasteiger partial charge in [0.05, 0.1) is 12.0 Å². The highest BCUT2D eigenvalue weighted by Gasteiger charge is 2.20. The third kappa shape index (κ3) is 3.25. The molecule has 0 fully saturated rings. The minimum Gasteiger partial charge on any atom is -0.508 e. The molecule has 0 radical (unpaired) electrons. The van der Waals surface area contributed by atoms with E-state index in [-0.39, 0.29) is 34.9 Å². The van der Waals surface area contributed by atoms with Crippen molar-refractivity contribution in [2.75, 3.05) is 6.61 Å². The van der Waals surface area contributed by atoms with Gasteiger partial charge >= 0.3 is 6.16 Å². The van der Waals surface area contributed by atoms with Crippen molar-refractivity contribution in [1.29, 1.82) is 0 Å². The molecule has 0 amide bonds. The minimum absolute atomic E-state index is 0.0134. The van der Waals surface area contributed by atoms with Crippen LogP contribution < -0.4 is 10.2 Å². The first-order valence-corrected chi connectivity index (χ1v) is 7.43. The lowest BCUT2D eigenvalue weighted by atomic mass is 10.1. The van der Waals surface area contributed by atoms with Gasteiger partial charge in [-0.05, 0) is 19.1 Å². The van der Waals surface area contributed by atoms with E-state index in [4.69, 9.17) is 13.9 Å². The molecule has 0 saturated heterocycles. The molecule has 3 rings (SSSR count). The first kappa shape index (κ1) is 16.4. The highest BCUT2D eigenvalue weighted by molar-refractivity contribution is 5.82. The van der Waals surface area contributed by atoms with Crippen LogP contribution in [0.15, 0.2) is 51.7 Å². The summed E-state index contributed by atoms with van der Waals surface area (Å²) >= 11 is 0. The van der Waals surface area contributed by atoms with E-state index in [1.54, 1.807) is 31.2 Å². The van der Waals surface area contributed by atoms with E-state index in [9.17, 15) is 19.8 Å². The number of benzene rings is 2. The van der Waals surface area contributed by atoms with Gasteiger partial charge in [0.25, 0.3) is 0 Å². The average Bonchev–Trinajstić information content (AvgIpc) is 2.54. The minimum atomic E-state index is -1.02. The standard InChI is InChI=1S/C18H14O7/c1-2-23-18(22)25-15-8-10(19)7-13(21)17(15)16-9-12(20)11-5-3-4-6-14(11)24-16/h3-9,19,21H,2H2,1H3. The van der Waals surface area contributed by atoms with Gasteiger partial charge in [-0.2, -0.15) is 0 Å². The second-order valence-electron chi connectivity index (χ2n) is 5.09. The molecule has 0 bridgehead atoms. The molecule has 128 valence electrons. The molecule has 0 saturated carbocycles. The maximum atomic E-state index is 12.3. The fourth-order valence-electron chi connectivity index (χ4n) is 2.38. The number of carbonyl (C=O) groups is 1. The molecule has 0 atom stereocenters. The molecule has 0 aliphatic rings. The summed E-state index contributed by atoms with van der Waals surface area (Å²) < 4.78 is 15.4. The van der Waals surface area contributed by atoms with Crippen molar-refractivity contribution in [1.82, 2.24) is 0 Å². The van der Waals surface area contributed by atoms with Gasteiger partial charge in [0, 0.05) is 18.2 Å². The number of ether oxygens (including phenoxy) is 2. The molecule has 7 heteroatoms. The normalized spacial score (nSPS) is 10.6. The summed E-state index contributed by atoms with van der Waals surface area (Å²) in [6.07, 6.45) is -1.02. The smallest absolute Gasteiger partial charge is 0.508 e. The first-order valence-electron chi connectivity index (χ1n) is 7.43. The Kier molecular flexibility index (Phi) is 4.30. The molecule has 7 nitrogen and oxygen atoms in total. The number of hydrogen-bond acceptors (Lipinski definition) is 7. The van der Waals surface area contributed by atoms with Crippen LogP contribution in [0, 0.1) is 0 Å². The molecular weight excluding hydrogens is 328 g/mol. The molecule has 2 N–H and O–H groups in total. The van der Waals surface area contributed by atoms with Crippen LogP contribution in [0.5, 0.6) is 17.2 Å². The van der Waals surface area contributed by atoms with Crippen LogP contribution in [0.4, 0.5) is 4.79 Å². The van der Waals surface area contributed by atoms with Crippen molar-refractivity contribution in [2.45, 2.75) is 6.92 Å². The fraction of sp³-hybridized carbons (Fsp3) is 0.111. The summed E-state index contributed by atoms with van der Waals surface area (Å²) in [6, 6.07) is 9.94. The SMILES string of the molecule is CCOC(=O)Oc1cc(O)cc(O)c1-c1cc(=O)c2ccccc2o1. The lowest BCUT2D eigenvalue weighted by Crippen LogP contribution is -2.11. The number of aromatic hydroxyl groups is 2. The molecule has 0 aliphatic carbocycles. The fourth-order valence-corrected chi connectivity index (χ4v) is 2.38. The predicted octanol–water partition coefficient (Wildman–Crippen LogP) is 3.41. The maximum absolute atomic E-state index is 12.3. The largest absolute Gasteiger partial charge is 0.513 e. The van der Waals surface area contributed by atoms with E-state index in [1.807, 2.05) is 0 Å². The zero-order chi connectivity index (χ0) is 18.0. The zero-order valence-electron chi connectivity index (χ0n) is 13.2. The summed E-state index contributed by atoms with van der Waals surface area (Å²) in [5, 5.41) is 20.2. The molecular formula is C18H14O7. The van der Waals surface area contributed by atoms with Crippen LogP contribution in [0.25, 0.3) is 22.3 Å². The Hall–Kier alpha value is -3.48. The van der Waals surface area contributed by atoms with Crippen molar-refractivity contribution in [3.05, 3.63) is 52.7 Å². The van der Waals surface area contributed by atoms with Crippen molar-refractivity contribution >= 4 is 17.1 Å². The molecule has 0 spiro atoms. The van der Waals surface area contributed by atoms with Crippen LogP contribution in [0.3, 0.4) is 0 Å². The van der Waals surface area contributed by atoms with Crippen LogP contribution in [0.1, 0.15) is 6.92 Å². The molecule has 2 aromatic carbocycles. The summed E-state index contributed by atoms with van der Waals surface area (Å²) in [5.41, 5.74) is -0.0697. The number of phenols is 2. The third-order valence-corrected chi connectivity index (χ3v) is 3.40. The summed E-state index contributed by atoms with van der Waals surface area (Å²) in [5.74, 6) is -0.962. The quantitative estimate of drug-likeness (QED) is 0.555. The number of fused-ring (bicyclic) bond motifs is 1. The number of rotatable bonds is 3. The van der Waals surface area contributed by atoms with E-state index >= 15 is 0 Å². The summed E-state index contributed by atoms with van der Waals surface area (Å²) in [7, 11) is 0. The molecule has 1 aromatic heterocycles. The third-order valence-electron chi connectivity index (χ3n) is 3.40. The van der Waals surface area contributed by atoms with Crippen molar-refractivity contribution in [3.8, 4) is 28.6 Å². The Bertz CT molecular complexity index is 1000. The number of para-hydroxylation sites is 1. The van der Waals surface area contributed by atoms with Crippen LogP contribution in [-0.2, 0) is 4.74 Å². The Morgan fingerprint density at radius 1 is 1.16 bits per heavy atom. The van der Waals surface area contributed by atoms with Gasteiger partial charge < -0.3 is 24.1 Å². The first-order chi connectivity index (χ1) is 12.0. The predicted molar refractivity (Wildman–Crippen MR) is 88.9 cm³/mol. The number of phenolic OH excluding ortho intramolecular Hbond substituents is 2. The number of hydrogen-bond donors (Lipinski definition) is 2. The van der Waals surface area contributed by atoms with Crippen LogP contribution in [-0.4, -0.2) is 23.0 Å². The van der Waals surface area contributed by atoms with Gasteiger partial charge in [0.2, 0.25) is 0 Å². The van der Waals surface area contributed by atoms with Gasteiger partial charge in [-0.3, -0.25) is 4.79 Å². The zero-order valence-corrected chi connectivity index (χ0v) is 13.2. The lowest BCUT2D eigenvalue weighted by Gasteiger charge is -2.12. The monoisotopic (exact) mass is 342 g/mol. The Morgan fingerprint density at radius 3 is 2.68 bits per heavy atom. The summed E-state index contributed by atoms with van der Waals surface area (Å²) in [6.45, 7) is 1.69. The Morgan fingerprint density at radius 2 is 1.92 bits per heavy atom.